The smallest absolute Gasteiger partial charge is 0.0762 e. The van der Waals surface area contributed by atoms with Crippen molar-refractivity contribution < 1.29 is 0 Å². The van der Waals surface area contributed by atoms with E-state index in [1.165, 1.54) is 5.56 Å². The van der Waals surface area contributed by atoms with Gasteiger partial charge in [0.1, 0.15) is 0 Å². The van der Waals surface area contributed by atoms with E-state index in [0.29, 0.717) is 6.04 Å². The average Bonchev–Trinajstić information content (AvgIpc) is 2.98. The zero-order valence-corrected chi connectivity index (χ0v) is 11.3. The van der Waals surface area contributed by atoms with E-state index in [0.717, 1.165) is 25.2 Å². The molecule has 5 nitrogen and oxygen atoms in total. The number of nitrogens with zero attached hydrogens (tertiary/aromatic N) is 4. The molecule has 0 aliphatic heterocycles. The van der Waals surface area contributed by atoms with Gasteiger partial charge in [-0.25, -0.2) is 0 Å². The van der Waals surface area contributed by atoms with Crippen LogP contribution in [0.1, 0.15) is 37.6 Å². The summed E-state index contributed by atoms with van der Waals surface area (Å²) in [6.07, 6.45) is 7.05. The molecule has 2 rings (SSSR count). The van der Waals surface area contributed by atoms with Crippen LogP contribution in [-0.4, -0.2) is 19.6 Å². The zero-order valence-electron chi connectivity index (χ0n) is 11.3. The van der Waals surface area contributed by atoms with E-state index < -0.39 is 0 Å². The Morgan fingerprint density at radius 2 is 2.22 bits per heavy atom. The molecular formula is C13H21N5. The number of aromatic nitrogens is 4. The Labute approximate surface area is 108 Å². The molecule has 5 heteroatoms. The minimum atomic E-state index is 0.470. The highest BCUT2D eigenvalue weighted by Gasteiger charge is 2.04. The van der Waals surface area contributed by atoms with Crippen molar-refractivity contribution in [2.45, 2.75) is 39.4 Å². The Bertz CT molecular complexity index is 485. The lowest BCUT2D eigenvalue weighted by Gasteiger charge is -2.08. The molecule has 0 fully saturated rings. The SMILES string of the molecule is CCC(C)n1ccc(CNCc2cnn(C)c2)n1. The van der Waals surface area contributed by atoms with Crippen LogP contribution in [0.2, 0.25) is 0 Å². The van der Waals surface area contributed by atoms with Crippen molar-refractivity contribution in [3.05, 3.63) is 35.9 Å². The summed E-state index contributed by atoms with van der Waals surface area (Å²) < 4.78 is 3.84. The Kier molecular flexibility index (Phi) is 4.15. The Morgan fingerprint density at radius 3 is 2.89 bits per heavy atom. The first kappa shape index (κ1) is 12.8. The largest absolute Gasteiger partial charge is 0.307 e. The lowest BCUT2D eigenvalue weighted by Crippen LogP contribution is -2.13. The fraction of sp³-hybridized carbons (Fsp3) is 0.538. The van der Waals surface area contributed by atoms with E-state index >= 15 is 0 Å². The molecule has 0 aromatic carbocycles. The van der Waals surface area contributed by atoms with E-state index in [-0.39, 0.29) is 0 Å². The quantitative estimate of drug-likeness (QED) is 0.848. The van der Waals surface area contributed by atoms with Gasteiger partial charge in [-0.05, 0) is 19.4 Å². The molecule has 0 amide bonds. The highest BCUT2D eigenvalue weighted by atomic mass is 15.3. The summed E-state index contributed by atoms with van der Waals surface area (Å²) in [5.74, 6) is 0. The molecule has 2 aromatic rings. The van der Waals surface area contributed by atoms with Crippen LogP contribution >= 0.6 is 0 Å². The van der Waals surface area contributed by atoms with Crippen molar-refractivity contribution in [1.82, 2.24) is 24.9 Å². The second-order valence-corrected chi connectivity index (χ2v) is 4.67. The van der Waals surface area contributed by atoms with Crippen molar-refractivity contribution in [2.75, 3.05) is 0 Å². The van der Waals surface area contributed by atoms with Gasteiger partial charge in [0.2, 0.25) is 0 Å². The van der Waals surface area contributed by atoms with Gasteiger partial charge in [0, 0.05) is 44.1 Å². The van der Waals surface area contributed by atoms with Crippen molar-refractivity contribution >= 4 is 0 Å². The Morgan fingerprint density at radius 1 is 1.39 bits per heavy atom. The van der Waals surface area contributed by atoms with Gasteiger partial charge in [-0.3, -0.25) is 9.36 Å². The Hall–Kier alpha value is -1.62. The molecule has 0 aliphatic rings. The van der Waals surface area contributed by atoms with Crippen LogP contribution in [0.3, 0.4) is 0 Å². The standard InChI is InChI=1S/C13H21N5/c1-4-11(2)18-6-5-13(16-18)9-14-7-12-8-15-17(3)10-12/h5-6,8,10-11,14H,4,7,9H2,1-3H3. The maximum absolute atomic E-state index is 4.55. The molecule has 18 heavy (non-hydrogen) atoms. The van der Waals surface area contributed by atoms with Crippen LogP contribution in [0, 0.1) is 0 Å². The van der Waals surface area contributed by atoms with Crippen LogP contribution in [-0.2, 0) is 20.1 Å². The topological polar surface area (TPSA) is 47.7 Å². The predicted octanol–water partition coefficient (Wildman–Crippen LogP) is 1.88. The van der Waals surface area contributed by atoms with Gasteiger partial charge < -0.3 is 5.32 Å². The molecule has 2 heterocycles. The molecule has 0 spiro atoms. The van der Waals surface area contributed by atoms with Crippen molar-refractivity contribution in [3.63, 3.8) is 0 Å². The highest BCUT2D eigenvalue weighted by Crippen LogP contribution is 2.09. The fourth-order valence-corrected chi connectivity index (χ4v) is 1.80. The third-order valence-corrected chi connectivity index (χ3v) is 3.10. The van der Waals surface area contributed by atoms with Crippen molar-refractivity contribution in [2.24, 2.45) is 7.05 Å². The molecule has 0 saturated carbocycles. The molecule has 1 unspecified atom stereocenters. The first-order chi connectivity index (χ1) is 8.69. The summed E-state index contributed by atoms with van der Waals surface area (Å²) >= 11 is 0. The minimum Gasteiger partial charge on any atom is -0.307 e. The van der Waals surface area contributed by atoms with Crippen LogP contribution in [0.15, 0.2) is 24.7 Å². The second-order valence-electron chi connectivity index (χ2n) is 4.67. The maximum Gasteiger partial charge on any atom is 0.0762 e. The first-order valence-electron chi connectivity index (χ1n) is 6.41. The van der Waals surface area contributed by atoms with Gasteiger partial charge in [-0.2, -0.15) is 10.2 Å². The summed E-state index contributed by atoms with van der Waals surface area (Å²) in [6, 6.07) is 2.54. The van der Waals surface area contributed by atoms with Crippen molar-refractivity contribution in [3.8, 4) is 0 Å². The number of aryl methyl sites for hydroxylation is 1. The highest BCUT2D eigenvalue weighted by molar-refractivity contribution is 5.04. The fourth-order valence-electron chi connectivity index (χ4n) is 1.80. The van der Waals surface area contributed by atoms with E-state index in [1.54, 1.807) is 0 Å². The number of nitrogens with one attached hydrogen (secondary N) is 1. The molecular weight excluding hydrogens is 226 g/mol. The normalized spacial score (nSPS) is 12.8. The van der Waals surface area contributed by atoms with Gasteiger partial charge in [0.25, 0.3) is 0 Å². The van der Waals surface area contributed by atoms with Gasteiger partial charge in [-0.15, -0.1) is 0 Å². The average molecular weight is 247 g/mol. The summed E-state index contributed by atoms with van der Waals surface area (Å²) in [4.78, 5) is 0. The molecule has 98 valence electrons. The van der Waals surface area contributed by atoms with E-state index in [4.69, 9.17) is 0 Å². The van der Waals surface area contributed by atoms with Crippen molar-refractivity contribution in [1.29, 1.82) is 0 Å². The van der Waals surface area contributed by atoms with Crippen LogP contribution in [0.4, 0.5) is 0 Å². The molecule has 0 saturated heterocycles. The van der Waals surface area contributed by atoms with E-state index in [1.807, 2.05) is 28.8 Å². The molecule has 1 N–H and O–H groups in total. The molecule has 0 aliphatic carbocycles. The summed E-state index contributed by atoms with van der Waals surface area (Å²) in [7, 11) is 1.93. The second kappa shape index (κ2) is 5.82. The monoisotopic (exact) mass is 247 g/mol. The number of rotatable bonds is 6. The molecule has 0 bridgehead atoms. The van der Waals surface area contributed by atoms with Crippen LogP contribution in [0.5, 0.6) is 0 Å². The third-order valence-electron chi connectivity index (χ3n) is 3.10. The van der Waals surface area contributed by atoms with Gasteiger partial charge in [0.15, 0.2) is 0 Å². The summed E-state index contributed by atoms with van der Waals surface area (Å²) in [5, 5.41) is 12.1. The predicted molar refractivity (Wildman–Crippen MR) is 71.0 cm³/mol. The van der Waals surface area contributed by atoms with Crippen LogP contribution in [0.25, 0.3) is 0 Å². The first-order valence-corrected chi connectivity index (χ1v) is 6.41. The number of hydrogen-bond acceptors (Lipinski definition) is 3. The molecule has 1 atom stereocenters. The molecule has 2 aromatic heterocycles. The number of hydrogen-bond donors (Lipinski definition) is 1. The van der Waals surface area contributed by atoms with Gasteiger partial charge in [0.05, 0.1) is 11.9 Å². The van der Waals surface area contributed by atoms with Crippen LogP contribution < -0.4 is 5.32 Å². The lowest BCUT2D eigenvalue weighted by molar-refractivity contribution is 0.471. The maximum atomic E-state index is 4.55. The van der Waals surface area contributed by atoms with Gasteiger partial charge >= 0.3 is 0 Å². The third kappa shape index (κ3) is 3.20. The Balaban J connectivity index is 1.81. The summed E-state index contributed by atoms with van der Waals surface area (Å²) in [6.45, 7) is 5.97. The zero-order chi connectivity index (χ0) is 13.0. The molecule has 0 radical (unpaired) electrons. The van der Waals surface area contributed by atoms with E-state index in [9.17, 15) is 0 Å². The van der Waals surface area contributed by atoms with Gasteiger partial charge in [-0.1, -0.05) is 6.92 Å². The van der Waals surface area contributed by atoms with E-state index in [2.05, 4.69) is 41.6 Å². The lowest BCUT2D eigenvalue weighted by atomic mass is 10.3. The summed E-state index contributed by atoms with van der Waals surface area (Å²) in [5.41, 5.74) is 2.28. The minimum absolute atomic E-state index is 0.470.